The molecule has 1 aliphatic carbocycles. The third-order valence-corrected chi connectivity index (χ3v) is 8.19. The largest absolute Gasteiger partial charge is 0.317 e. The lowest BCUT2D eigenvalue weighted by molar-refractivity contribution is 0.163. The molecule has 0 amide bonds. The quantitative estimate of drug-likeness (QED) is 0.430. The zero-order valence-corrected chi connectivity index (χ0v) is 22.0. The third-order valence-electron chi connectivity index (χ3n) is 8.19. The Hall–Kier alpha value is -0.0800. The van der Waals surface area contributed by atoms with Crippen LogP contribution in [-0.2, 0) is 0 Å². The number of hydrogen-bond acceptors (Lipinski definition) is 2. The standard InChI is InChI=1S/C30H60N2/c1-2-4-6-8-12-18-24-30(25-19-13-9-7-5-3-1)32-28-22-16-11-10-14-20-26-31-27-21-15-17-23-29-32/h30-31H,1-29H2. The van der Waals surface area contributed by atoms with Crippen molar-refractivity contribution in [1.29, 1.82) is 0 Å². The van der Waals surface area contributed by atoms with Gasteiger partial charge in [0.05, 0.1) is 0 Å². The normalized spacial score (nSPS) is 25.9. The monoisotopic (exact) mass is 448 g/mol. The summed E-state index contributed by atoms with van der Waals surface area (Å²) in [5.74, 6) is 0. The molecule has 2 heteroatoms. The third kappa shape index (κ3) is 15.7. The summed E-state index contributed by atoms with van der Waals surface area (Å²) in [4.78, 5) is 2.98. The lowest BCUT2D eigenvalue weighted by Gasteiger charge is -2.32. The van der Waals surface area contributed by atoms with E-state index in [9.17, 15) is 0 Å². The summed E-state index contributed by atoms with van der Waals surface area (Å²) < 4.78 is 0. The predicted octanol–water partition coefficient (Wildman–Crippen LogP) is 9.03. The van der Waals surface area contributed by atoms with Gasteiger partial charge in [0.25, 0.3) is 0 Å². The highest BCUT2D eigenvalue weighted by Gasteiger charge is 2.17. The lowest BCUT2D eigenvalue weighted by atomic mass is 9.97. The van der Waals surface area contributed by atoms with Gasteiger partial charge in [-0.3, -0.25) is 0 Å². The van der Waals surface area contributed by atoms with Gasteiger partial charge in [-0.1, -0.05) is 122 Å². The molecule has 1 N–H and O–H groups in total. The molecule has 0 unspecified atom stereocenters. The summed E-state index contributed by atoms with van der Waals surface area (Å²) in [6, 6.07) is 0.878. The summed E-state index contributed by atoms with van der Waals surface area (Å²) >= 11 is 0. The van der Waals surface area contributed by atoms with Crippen molar-refractivity contribution in [3.63, 3.8) is 0 Å². The zero-order chi connectivity index (χ0) is 22.4. The highest BCUT2D eigenvalue weighted by atomic mass is 15.1. The fraction of sp³-hybridized carbons (Fsp3) is 1.00. The molecule has 1 saturated heterocycles. The van der Waals surface area contributed by atoms with Gasteiger partial charge in [0.2, 0.25) is 0 Å². The van der Waals surface area contributed by atoms with E-state index in [1.165, 1.54) is 187 Å². The van der Waals surface area contributed by atoms with E-state index >= 15 is 0 Å². The van der Waals surface area contributed by atoms with Crippen LogP contribution in [0.5, 0.6) is 0 Å². The number of nitrogens with one attached hydrogen (secondary N) is 1. The number of nitrogens with zero attached hydrogens (tertiary/aromatic N) is 1. The molecule has 0 bridgehead atoms. The highest BCUT2D eigenvalue weighted by molar-refractivity contribution is 4.73. The molecule has 1 heterocycles. The fourth-order valence-electron chi connectivity index (χ4n) is 6.01. The first-order valence-corrected chi connectivity index (χ1v) is 15.4. The zero-order valence-electron chi connectivity index (χ0n) is 22.0. The van der Waals surface area contributed by atoms with E-state index in [1.54, 1.807) is 0 Å². The summed E-state index contributed by atoms with van der Waals surface area (Å²) in [5, 5.41) is 3.67. The van der Waals surface area contributed by atoms with Crippen molar-refractivity contribution in [2.75, 3.05) is 26.2 Å². The second-order valence-electron chi connectivity index (χ2n) is 11.1. The minimum Gasteiger partial charge on any atom is -0.317 e. The van der Waals surface area contributed by atoms with Crippen molar-refractivity contribution in [2.24, 2.45) is 0 Å². The molecule has 2 aliphatic rings. The summed E-state index contributed by atoms with van der Waals surface area (Å²) in [6.45, 7) is 5.24. The van der Waals surface area contributed by atoms with Gasteiger partial charge in [-0.05, 0) is 64.7 Å². The van der Waals surface area contributed by atoms with Crippen LogP contribution in [0, 0.1) is 0 Å². The van der Waals surface area contributed by atoms with Crippen LogP contribution in [0.3, 0.4) is 0 Å². The molecule has 0 aromatic rings. The molecule has 2 fully saturated rings. The van der Waals surface area contributed by atoms with Crippen LogP contribution in [0.2, 0.25) is 0 Å². The van der Waals surface area contributed by atoms with Crippen LogP contribution < -0.4 is 5.32 Å². The van der Waals surface area contributed by atoms with Crippen molar-refractivity contribution in [2.45, 2.75) is 167 Å². The van der Waals surface area contributed by atoms with Crippen molar-refractivity contribution in [3.05, 3.63) is 0 Å². The molecule has 32 heavy (non-hydrogen) atoms. The minimum atomic E-state index is 0.878. The molecule has 190 valence electrons. The summed E-state index contributed by atoms with van der Waals surface area (Å²) in [5.41, 5.74) is 0. The van der Waals surface area contributed by atoms with Crippen LogP contribution in [0.15, 0.2) is 0 Å². The van der Waals surface area contributed by atoms with Gasteiger partial charge in [0.15, 0.2) is 0 Å². The minimum absolute atomic E-state index is 0.878. The summed E-state index contributed by atoms with van der Waals surface area (Å²) in [6.07, 6.45) is 36.6. The molecule has 0 aromatic carbocycles. The Balaban J connectivity index is 1.83. The van der Waals surface area contributed by atoms with E-state index in [0.717, 1.165) is 6.04 Å². The van der Waals surface area contributed by atoms with Gasteiger partial charge in [-0.15, -0.1) is 0 Å². The highest BCUT2D eigenvalue weighted by Crippen LogP contribution is 2.22. The summed E-state index contributed by atoms with van der Waals surface area (Å²) in [7, 11) is 0. The van der Waals surface area contributed by atoms with Crippen molar-refractivity contribution >= 4 is 0 Å². The number of hydrogen-bond donors (Lipinski definition) is 1. The molecule has 0 radical (unpaired) electrons. The molecular formula is C30H60N2. The Bertz CT molecular complexity index is 315. The van der Waals surface area contributed by atoms with Gasteiger partial charge in [-0.25, -0.2) is 0 Å². The van der Waals surface area contributed by atoms with E-state index in [-0.39, 0.29) is 0 Å². The first kappa shape index (κ1) is 28.2. The van der Waals surface area contributed by atoms with Crippen LogP contribution in [-0.4, -0.2) is 37.1 Å². The van der Waals surface area contributed by atoms with Crippen LogP contribution >= 0.6 is 0 Å². The Morgan fingerprint density at radius 1 is 0.344 bits per heavy atom. The Kier molecular flexibility index (Phi) is 18.9. The molecule has 1 saturated carbocycles. The Morgan fingerprint density at radius 3 is 1.06 bits per heavy atom. The Morgan fingerprint density at radius 2 is 0.656 bits per heavy atom. The fourth-order valence-corrected chi connectivity index (χ4v) is 6.01. The smallest absolute Gasteiger partial charge is 0.00952 e. The molecule has 2 rings (SSSR count). The molecule has 0 aromatic heterocycles. The number of rotatable bonds is 1. The average Bonchev–Trinajstić information content (AvgIpc) is 2.79. The predicted molar refractivity (Wildman–Crippen MR) is 144 cm³/mol. The van der Waals surface area contributed by atoms with Gasteiger partial charge in [-0.2, -0.15) is 0 Å². The van der Waals surface area contributed by atoms with Crippen LogP contribution in [0.25, 0.3) is 0 Å². The van der Waals surface area contributed by atoms with Gasteiger partial charge < -0.3 is 10.2 Å². The van der Waals surface area contributed by atoms with Gasteiger partial charge in [0.1, 0.15) is 0 Å². The van der Waals surface area contributed by atoms with Crippen LogP contribution in [0.4, 0.5) is 0 Å². The Labute approximate surface area is 203 Å². The van der Waals surface area contributed by atoms with E-state index < -0.39 is 0 Å². The maximum atomic E-state index is 3.67. The van der Waals surface area contributed by atoms with E-state index in [0.29, 0.717) is 0 Å². The second-order valence-corrected chi connectivity index (χ2v) is 11.1. The van der Waals surface area contributed by atoms with Crippen molar-refractivity contribution < 1.29 is 0 Å². The first-order valence-electron chi connectivity index (χ1n) is 15.4. The molecular weight excluding hydrogens is 388 g/mol. The maximum Gasteiger partial charge on any atom is 0.00952 e. The second kappa shape index (κ2) is 21.5. The van der Waals surface area contributed by atoms with E-state index in [2.05, 4.69) is 10.2 Å². The maximum absolute atomic E-state index is 3.67. The first-order chi connectivity index (χ1) is 16.0. The molecule has 1 aliphatic heterocycles. The lowest BCUT2D eigenvalue weighted by Crippen LogP contribution is -2.37. The molecule has 0 spiro atoms. The van der Waals surface area contributed by atoms with Crippen molar-refractivity contribution in [3.8, 4) is 0 Å². The van der Waals surface area contributed by atoms with Gasteiger partial charge >= 0.3 is 0 Å². The van der Waals surface area contributed by atoms with Crippen LogP contribution in [0.1, 0.15) is 161 Å². The van der Waals surface area contributed by atoms with E-state index in [1.807, 2.05) is 0 Å². The average molecular weight is 449 g/mol. The van der Waals surface area contributed by atoms with Gasteiger partial charge in [0, 0.05) is 6.04 Å². The SMILES string of the molecule is C1CCCCCCCC(N2CCCCCCCCNCCCCCC2)CCCCCCC1. The van der Waals surface area contributed by atoms with Crippen molar-refractivity contribution in [1.82, 2.24) is 10.2 Å². The molecule has 2 nitrogen and oxygen atoms in total. The topological polar surface area (TPSA) is 15.3 Å². The van der Waals surface area contributed by atoms with E-state index in [4.69, 9.17) is 0 Å². The molecule has 0 atom stereocenters.